The van der Waals surface area contributed by atoms with Crippen molar-refractivity contribution in [2.24, 2.45) is 23.2 Å². The van der Waals surface area contributed by atoms with Gasteiger partial charge in [0.1, 0.15) is 6.29 Å². The Bertz CT molecular complexity index is 436. The summed E-state index contributed by atoms with van der Waals surface area (Å²) in [7, 11) is 0. The molecule has 0 saturated heterocycles. The smallest absolute Gasteiger partial charge is 0.126 e. The molecule has 1 N–H and O–H groups in total. The lowest BCUT2D eigenvalue weighted by molar-refractivity contribution is -0.113. The van der Waals surface area contributed by atoms with Crippen molar-refractivity contribution in [2.75, 3.05) is 6.54 Å². The third-order valence-electron chi connectivity index (χ3n) is 7.99. The molecular weight excluding hydrogens is 330 g/mol. The predicted octanol–water partition coefficient (Wildman–Crippen LogP) is 6.67. The molecule has 0 aromatic carbocycles. The molecule has 0 aliphatic heterocycles. The van der Waals surface area contributed by atoms with Crippen molar-refractivity contribution in [2.45, 2.75) is 122 Å². The summed E-state index contributed by atoms with van der Waals surface area (Å²) in [5.74, 6) is 2.43. The van der Waals surface area contributed by atoms with Gasteiger partial charge >= 0.3 is 0 Å². The van der Waals surface area contributed by atoms with Gasteiger partial charge in [0, 0.05) is 11.5 Å². The summed E-state index contributed by atoms with van der Waals surface area (Å²) in [6.07, 6.45) is 24.5. The van der Waals surface area contributed by atoms with E-state index < -0.39 is 0 Å². The Balaban J connectivity index is 1.52. The van der Waals surface area contributed by atoms with Gasteiger partial charge < -0.3 is 10.1 Å². The molecule has 2 heteroatoms. The fourth-order valence-corrected chi connectivity index (χ4v) is 6.06. The van der Waals surface area contributed by atoms with Gasteiger partial charge in [-0.1, -0.05) is 77.6 Å². The lowest BCUT2D eigenvalue weighted by atomic mass is 9.87. The number of fused-ring (bicyclic) bond motifs is 1. The van der Waals surface area contributed by atoms with Crippen LogP contribution in [0.1, 0.15) is 116 Å². The molecule has 0 radical (unpaired) electrons. The Morgan fingerprint density at radius 2 is 1.44 bits per heavy atom. The Hall–Kier alpha value is -0.370. The third kappa shape index (κ3) is 6.87. The van der Waals surface area contributed by atoms with Crippen molar-refractivity contribution < 1.29 is 4.79 Å². The minimum absolute atomic E-state index is 0.0521. The van der Waals surface area contributed by atoms with Gasteiger partial charge in [0.05, 0.1) is 0 Å². The van der Waals surface area contributed by atoms with E-state index in [1.165, 1.54) is 116 Å². The van der Waals surface area contributed by atoms with E-state index in [1.807, 2.05) is 0 Å². The van der Waals surface area contributed by atoms with Gasteiger partial charge in [0.15, 0.2) is 0 Å². The van der Waals surface area contributed by atoms with Gasteiger partial charge in [0.25, 0.3) is 0 Å². The van der Waals surface area contributed by atoms with Crippen LogP contribution in [0.3, 0.4) is 0 Å². The molecule has 156 valence electrons. The van der Waals surface area contributed by atoms with Crippen LogP contribution in [0.2, 0.25) is 0 Å². The Kier molecular flexibility index (Phi) is 8.68. The van der Waals surface area contributed by atoms with Crippen molar-refractivity contribution in [1.82, 2.24) is 5.32 Å². The maximum atomic E-state index is 11.8. The Morgan fingerprint density at radius 1 is 0.815 bits per heavy atom. The fraction of sp³-hybridized carbons (Fsp3) is 0.960. The second kappa shape index (κ2) is 11.0. The molecule has 27 heavy (non-hydrogen) atoms. The van der Waals surface area contributed by atoms with E-state index in [9.17, 15) is 4.79 Å². The summed E-state index contributed by atoms with van der Waals surface area (Å²) < 4.78 is 0. The molecule has 3 aliphatic carbocycles. The lowest BCUT2D eigenvalue weighted by Gasteiger charge is -2.27. The summed E-state index contributed by atoms with van der Waals surface area (Å²) in [5.41, 5.74) is 0.0521. The highest BCUT2D eigenvalue weighted by molar-refractivity contribution is 5.64. The van der Waals surface area contributed by atoms with Gasteiger partial charge in [-0.05, 0) is 62.8 Å². The molecule has 3 aliphatic rings. The maximum absolute atomic E-state index is 11.8. The molecule has 0 spiro atoms. The Labute approximate surface area is 168 Å². The molecular formula is C25H45NO. The van der Waals surface area contributed by atoms with Crippen molar-refractivity contribution in [3.63, 3.8) is 0 Å². The first-order valence-corrected chi connectivity index (χ1v) is 12.4. The van der Waals surface area contributed by atoms with E-state index in [0.717, 1.165) is 18.3 Å². The van der Waals surface area contributed by atoms with Crippen LogP contribution < -0.4 is 5.32 Å². The standard InChI is InChI=1S/C25H45NO/c1-21-12-8-4-2-3-5-9-13-22(16-21)19-26-24-15-11-7-6-10-14-23-17-25(23,18-24)20-27/h20-24,26H,2-19H2,1H3. The quantitative estimate of drug-likeness (QED) is 0.556. The first-order valence-electron chi connectivity index (χ1n) is 12.4. The number of carbonyl (C=O) groups is 1. The van der Waals surface area contributed by atoms with Gasteiger partial charge in [-0.2, -0.15) is 0 Å². The van der Waals surface area contributed by atoms with E-state index in [0.29, 0.717) is 12.0 Å². The zero-order valence-electron chi connectivity index (χ0n) is 18.0. The topological polar surface area (TPSA) is 29.1 Å². The minimum atomic E-state index is 0.0521. The molecule has 0 heterocycles. The maximum Gasteiger partial charge on any atom is 0.126 e. The summed E-state index contributed by atoms with van der Waals surface area (Å²) in [6.45, 7) is 3.67. The van der Waals surface area contributed by atoms with E-state index in [1.54, 1.807) is 0 Å². The van der Waals surface area contributed by atoms with Gasteiger partial charge in [-0.15, -0.1) is 0 Å². The molecule has 3 saturated carbocycles. The normalized spacial score (nSPS) is 39.6. The van der Waals surface area contributed by atoms with E-state index >= 15 is 0 Å². The molecule has 3 fully saturated rings. The summed E-state index contributed by atoms with van der Waals surface area (Å²) in [5, 5.41) is 3.98. The molecule has 2 nitrogen and oxygen atoms in total. The zero-order valence-corrected chi connectivity index (χ0v) is 18.0. The van der Waals surface area contributed by atoms with Gasteiger partial charge in [-0.3, -0.25) is 0 Å². The molecule has 5 unspecified atom stereocenters. The number of hydrogen-bond donors (Lipinski definition) is 1. The number of rotatable bonds is 4. The van der Waals surface area contributed by atoms with Crippen LogP contribution in [0.25, 0.3) is 0 Å². The number of carbonyl (C=O) groups excluding carboxylic acids is 1. The largest absolute Gasteiger partial charge is 0.314 e. The van der Waals surface area contributed by atoms with Crippen molar-refractivity contribution in [3.05, 3.63) is 0 Å². The Morgan fingerprint density at radius 3 is 2.19 bits per heavy atom. The predicted molar refractivity (Wildman–Crippen MR) is 115 cm³/mol. The van der Waals surface area contributed by atoms with Gasteiger partial charge in [0.2, 0.25) is 0 Å². The summed E-state index contributed by atoms with van der Waals surface area (Å²) in [6, 6.07) is 0.576. The average molecular weight is 376 g/mol. The van der Waals surface area contributed by atoms with Crippen LogP contribution >= 0.6 is 0 Å². The summed E-state index contributed by atoms with van der Waals surface area (Å²) >= 11 is 0. The lowest BCUT2D eigenvalue weighted by Crippen LogP contribution is -2.36. The van der Waals surface area contributed by atoms with Crippen LogP contribution in [-0.4, -0.2) is 18.9 Å². The van der Waals surface area contributed by atoms with Crippen LogP contribution in [-0.2, 0) is 4.79 Å². The first-order chi connectivity index (χ1) is 13.2. The second-order valence-corrected chi connectivity index (χ2v) is 10.5. The molecule has 0 amide bonds. The van der Waals surface area contributed by atoms with E-state index in [4.69, 9.17) is 0 Å². The third-order valence-corrected chi connectivity index (χ3v) is 7.99. The average Bonchev–Trinajstić information content (AvgIpc) is 3.37. The monoisotopic (exact) mass is 375 g/mol. The minimum Gasteiger partial charge on any atom is -0.314 e. The molecule has 5 atom stereocenters. The molecule has 0 aromatic rings. The van der Waals surface area contributed by atoms with E-state index in [-0.39, 0.29) is 5.41 Å². The van der Waals surface area contributed by atoms with Crippen LogP contribution in [0.5, 0.6) is 0 Å². The van der Waals surface area contributed by atoms with Crippen molar-refractivity contribution >= 4 is 6.29 Å². The van der Waals surface area contributed by atoms with Gasteiger partial charge in [-0.25, -0.2) is 0 Å². The molecule has 0 aromatic heterocycles. The fourth-order valence-electron chi connectivity index (χ4n) is 6.06. The zero-order chi connectivity index (χ0) is 19.0. The highest BCUT2D eigenvalue weighted by Gasteiger charge is 2.54. The van der Waals surface area contributed by atoms with E-state index in [2.05, 4.69) is 12.2 Å². The number of aldehydes is 1. The summed E-state index contributed by atoms with van der Waals surface area (Å²) in [4.78, 5) is 11.8. The highest BCUT2D eigenvalue weighted by atomic mass is 16.1. The highest BCUT2D eigenvalue weighted by Crippen LogP contribution is 2.57. The second-order valence-electron chi connectivity index (χ2n) is 10.5. The number of hydrogen-bond acceptors (Lipinski definition) is 2. The van der Waals surface area contributed by atoms with Crippen LogP contribution in [0.15, 0.2) is 0 Å². The molecule has 0 bridgehead atoms. The number of nitrogens with one attached hydrogen (secondary N) is 1. The van der Waals surface area contributed by atoms with Crippen LogP contribution in [0.4, 0.5) is 0 Å². The SMILES string of the molecule is CC1CCCCCCCCC(CNC2CCCCCCC3CC3(C=O)C2)C1. The van der Waals surface area contributed by atoms with Crippen molar-refractivity contribution in [3.8, 4) is 0 Å². The first kappa shape index (κ1) is 21.3. The molecule has 3 rings (SSSR count). The van der Waals surface area contributed by atoms with Crippen LogP contribution in [0, 0.1) is 23.2 Å². The van der Waals surface area contributed by atoms with Crippen molar-refractivity contribution in [1.29, 1.82) is 0 Å².